The van der Waals surface area contributed by atoms with Crippen LogP contribution in [-0.4, -0.2) is 4.98 Å². The van der Waals surface area contributed by atoms with E-state index in [9.17, 15) is 4.91 Å². The number of nitriles is 1. The molecule has 0 bridgehead atoms. The van der Waals surface area contributed by atoms with Crippen LogP contribution in [0.5, 0.6) is 11.6 Å². The number of halogens is 1. The molecule has 1 aromatic carbocycles. The van der Waals surface area contributed by atoms with Crippen LogP contribution >= 0.6 is 15.9 Å². The molecule has 5 nitrogen and oxygen atoms in total. The van der Waals surface area contributed by atoms with Gasteiger partial charge in [-0.15, -0.1) is 4.91 Å². The van der Waals surface area contributed by atoms with E-state index in [2.05, 4.69) is 26.1 Å². The average molecular weight is 304 g/mol. The maximum atomic E-state index is 10.2. The number of hydrogen-bond donors (Lipinski definition) is 0. The van der Waals surface area contributed by atoms with Crippen molar-refractivity contribution in [2.45, 2.75) is 0 Å². The molecule has 0 N–H and O–H groups in total. The van der Waals surface area contributed by atoms with E-state index >= 15 is 0 Å². The maximum Gasteiger partial charge on any atom is 0.219 e. The third-order valence-corrected chi connectivity index (χ3v) is 2.72. The molecular formula is C12H6BrN3O2. The predicted octanol–water partition coefficient (Wildman–Crippen LogP) is 3.91. The highest BCUT2D eigenvalue weighted by molar-refractivity contribution is 9.10. The van der Waals surface area contributed by atoms with Gasteiger partial charge in [0.25, 0.3) is 0 Å². The van der Waals surface area contributed by atoms with Crippen LogP contribution in [0.3, 0.4) is 0 Å². The molecule has 0 radical (unpaired) electrons. The van der Waals surface area contributed by atoms with Crippen molar-refractivity contribution < 1.29 is 4.74 Å². The predicted molar refractivity (Wildman–Crippen MR) is 68.6 cm³/mol. The second kappa shape index (κ2) is 5.38. The van der Waals surface area contributed by atoms with Gasteiger partial charge >= 0.3 is 0 Å². The molecule has 0 amide bonds. The molecule has 0 saturated carbocycles. The van der Waals surface area contributed by atoms with E-state index in [-0.39, 0.29) is 5.69 Å². The summed E-state index contributed by atoms with van der Waals surface area (Å²) in [4.78, 5) is 14.2. The third kappa shape index (κ3) is 2.70. The van der Waals surface area contributed by atoms with Crippen molar-refractivity contribution in [3.05, 3.63) is 51.5 Å². The first-order valence-corrected chi connectivity index (χ1v) is 5.69. The van der Waals surface area contributed by atoms with Crippen molar-refractivity contribution in [3.8, 4) is 17.7 Å². The molecular weight excluding hydrogens is 298 g/mol. The maximum absolute atomic E-state index is 10.2. The van der Waals surface area contributed by atoms with E-state index in [0.29, 0.717) is 21.7 Å². The smallest absolute Gasteiger partial charge is 0.219 e. The Morgan fingerprint density at radius 1 is 1.33 bits per heavy atom. The largest absolute Gasteiger partial charge is 0.438 e. The van der Waals surface area contributed by atoms with Gasteiger partial charge in [0, 0.05) is 6.07 Å². The van der Waals surface area contributed by atoms with Crippen molar-refractivity contribution in [2.75, 3.05) is 0 Å². The van der Waals surface area contributed by atoms with Crippen LogP contribution in [0.15, 0.2) is 46.2 Å². The zero-order valence-corrected chi connectivity index (χ0v) is 10.6. The average Bonchev–Trinajstić information content (AvgIpc) is 2.42. The highest BCUT2D eigenvalue weighted by Crippen LogP contribution is 2.29. The molecule has 0 atom stereocenters. The van der Waals surface area contributed by atoms with Crippen molar-refractivity contribution in [2.24, 2.45) is 5.18 Å². The van der Waals surface area contributed by atoms with Gasteiger partial charge in [-0.3, -0.25) is 0 Å². The fourth-order valence-corrected chi connectivity index (χ4v) is 1.71. The molecule has 0 unspecified atom stereocenters. The molecule has 88 valence electrons. The fourth-order valence-electron chi connectivity index (χ4n) is 1.25. The van der Waals surface area contributed by atoms with Crippen molar-refractivity contribution in [1.29, 1.82) is 5.26 Å². The highest BCUT2D eigenvalue weighted by atomic mass is 79.9. The zero-order valence-electron chi connectivity index (χ0n) is 9.00. The van der Waals surface area contributed by atoms with Gasteiger partial charge < -0.3 is 4.74 Å². The lowest BCUT2D eigenvalue weighted by Gasteiger charge is -2.06. The Morgan fingerprint density at radius 2 is 2.17 bits per heavy atom. The lowest BCUT2D eigenvalue weighted by molar-refractivity contribution is 0.460. The Bertz CT molecular complexity index is 620. The Morgan fingerprint density at radius 3 is 2.72 bits per heavy atom. The van der Waals surface area contributed by atoms with Gasteiger partial charge in [-0.05, 0) is 45.4 Å². The molecule has 0 aliphatic carbocycles. The molecule has 18 heavy (non-hydrogen) atoms. The number of rotatable bonds is 3. The number of ether oxygens (including phenoxy) is 1. The summed E-state index contributed by atoms with van der Waals surface area (Å²) in [6, 6.07) is 10.0. The standard InChI is InChI=1S/C12H6BrN3O2/c13-10-5-8(6-14)1-3-11(10)18-12-4-2-9(16-17)7-15-12/h1-5,7H. The van der Waals surface area contributed by atoms with Gasteiger partial charge in [0.15, 0.2) is 0 Å². The lowest BCUT2D eigenvalue weighted by atomic mass is 10.2. The Labute approximate surface area is 111 Å². The van der Waals surface area contributed by atoms with Crippen LogP contribution in [-0.2, 0) is 0 Å². The van der Waals surface area contributed by atoms with Crippen LogP contribution in [0.25, 0.3) is 0 Å². The number of hydrogen-bond acceptors (Lipinski definition) is 5. The topological polar surface area (TPSA) is 75.3 Å². The van der Waals surface area contributed by atoms with Crippen molar-refractivity contribution >= 4 is 21.6 Å². The summed E-state index contributed by atoms with van der Waals surface area (Å²) in [5.74, 6) is 0.876. The molecule has 0 aliphatic heterocycles. The Balaban J connectivity index is 2.23. The van der Waals surface area contributed by atoms with Crippen LogP contribution in [0.4, 0.5) is 5.69 Å². The van der Waals surface area contributed by atoms with Gasteiger partial charge in [0.2, 0.25) is 5.88 Å². The third-order valence-electron chi connectivity index (χ3n) is 2.10. The lowest BCUT2D eigenvalue weighted by Crippen LogP contribution is -1.88. The molecule has 0 spiro atoms. The quantitative estimate of drug-likeness (QED) is 0.806. The minimum Gasteiger partial charge on any atom is -0.438 e. The van der Waals surface area contributed by atoms with E-state index in [1.54, 1.807) is 24.3 Å². The number of nitrogens with zero attached hydrogens (tertiary/aromatic N) is 3. The normalized spacial score (nSPS) is 9.56. The van der Waals surface area contributed by atoms with E-state index < -0.39 is 0 Å². The first kappa shape index (κ1) is 12.2. The van der Waals surface area contributed by atoms with E-state index in [1.807, 2.05) is 6.07 Å². The highest BCUT2D eigenvalue weighted by Gasteiger charge is 2.05. The monoisotopic (exact) mass is 303 g/mol. The zero-order chi connectivity index (χ0) is 13.0. The molecule has 2 rings (SSSR count). The summed E-state index contributed by atoms with van der Waals surface area (Å²) in [6.07, 6.45) is 1.32. The molecule has 1 heterocycles. The van der Waals surface area contributed by atoms with Crippen LogP contribution in [0, 0.1) is 16.2 Å². The Hall–Kier alpha value is -2.26. The number of nitroso groups, excluding NO2 is 1. The summed E-state index contributed by atoms with van der Waals surface area (Å²) in [5, 5.41) is 11.5. The van der Waals surface area contributed by atoms with E-state index in [0.717, 1.165) is 0 Å². The number of benzene rings is 1. The van der Waals surface area contributed by atoms with Gasteiger partial charge in [-0.1, -0.05) is 0 Å². The van der Waals surface area contributed by atoms with Crippen LogP contribution < -0.4 is 4.74 Å². The van der Waals surface area contributed by atoms with Gasteiger partial charge in [0.05, 0.1) is 22.3 Å². The van der Waals surface area contributed by atoms with E-state index in [1.165, 1.54) is 12.3 Å². The minimum atomic E-state index is 0.237. The van der Waals surface area contributed by atoms with Gasteiger partial charge in [0.1, 0.15) is 11.4 Å². The molecule has 2 aromatic rings. The Kier molecular flexibility index (Phi) is 3.65. The van der Waals surface area contributed by atoms with Gasteiger partial charge in [-0.25, -0.2) is 4.98 Å². The summed E-state index contributed by atoms with van der Waals surface area (Å²) in [6.45, 7) is 0. The summed E-state index contributed by atoms with van der Waals surface area (Å²) in [7, 11) is 0. The molecule has 6 heteroatoms. The second-order valence-corrected chi connectivity index (χ2v) is 4.16. The van der Waals surface area contributed by atoms with E-state index in [4.69, 9.17) is 10.00 Å². The van der Waals surface area contributed by atoms with Gasteiger partial charge in [-0.2, -0.15) is 5.26 Å². The number of pyridine rings is 1. The second-order valence-electron chi connectivity index (χ2n) is 3.30. The first-order valence-electron chi connectivity index (χ1n) is 4.90. The molecule has 0 aliphatic rings. The summed E-state index contributed by atoms with van der Waals surface area (Å²) < 4.78 is 6.15. The van der Waals surface area contributed by atoms with Crippen LogP contribution in [0.1, 0.15) is 5.56 Å². The molecule has 0 fully saturated rings. The molecule has 1 aromatic heterocycles. The summed E-state index contributed by atoms with van der Waals surface area (Å²) in [5.41, 5.74) is 0.768. The fraction of sp³-hybridized carbons (Fsp3) is 0. The molecule has 0 saturated heterocycles. The number of aromatic nitrogens is 1. The van der Waals surface area contributed by atoms with Crippen molar-refractivity contribution in [1.82, 2.24) is 4.98 Å². The SMILES string of the molecule is N#Cc1ccc(Oc2ccc(N=O)cn2)c(Br)c1. The summed E-state index contributed by atoms with van der Waals surface area (Å²) >= 11 is 3.30. The van der Waals surface area contributed by atoms with Crippen LogP contribution in [0.2, 0.25) is 0 Å². The first-order chi connectivity index (χ1) is 8.72. The minimum absolute atomic E-state index is 0.237. The van der Waals surface area contributed by atoms with Crippen molar-refractivity contribution in [3.63, 3.8) is 0 Å².